The Bertz CT molecular complexity index is 503. The van der Waals surface area contributed by atoms with E-state index in [1.165, 1.54) is 11.1 Å². The summed E-state index contributed by atoms with van der Waals surface area (Å²) in [5.41, 5.74) is 8.25. The highest BCUT2D eigenvalue weighted by Crippen LogP contribution is 2.16. The van der Waals surface area contributed by atoms with Gasteiger partial charge in [0.15, 0.2) is 0 Å². The lowest BCUT2D eigenvalue weighted by atomic mass is 9.98. The van der Waals surface area contributed by atoms with Crippen molar-refractivity contribution >= 4 is 0 Å². The Morgan fingerprint density at radius 1 is 0.913 bits per heavy atom. The number of rotatable bonds is 9. The maximum atomic E-state index is 10.1. The molecule has 0 heterocycles. The Morgan fingerprint density at radius 2 is 1.39 bits per heavy atom. The molecule has 0 saturated carbocycles. The SMILES string of the molecule is CC[C@@H](CN(Cc1ccccc1)Cc1ccccc1)[C@H](O)CN. The minimum absolute atomic E-state index is 0.201. The molecule has 0 fully saturated rings. The number of hydrogen-bond acceptors (Lipinski definition) is 3. The molecule has 0 aliphatic heterocycles. The second-order valence-electron chi connectivity index (χ2n) is 6.11. The standard InChI is InChI=1S/C20H28N2O/c1-2-19(20(23)13-21)16-22(14-17-9-5-3-6-10-17)15-18-11-7-4-8-12-18/h3-12,19-20,23H,2,13-16,21H2,1H3/t19-,20+/m0/s1. The highest BCUT2D eigenvalue weighted by Gasteiger charge is 2.20. The van der Waals surface area contributed by atoms with Crippen LogP contribution in [-0.4, -0.2) is 29.2 Å². The van der Waals surface area contributed by atoms with E-state index in [1.54, 1.807) is 0 Å². The van der Waals surface area contributed by atoms with E-state index in [2.05, 4.69) is 60.4 Å². The van der Waals surface area contributed by atoms with Gasteiger partial charge in [-0.15, -0.1) is 0 Å². The average molecular weight is 312 g/mol. The first-order valence-corrected chi connectivity index (χ1v) is 8.41. The molecule has 0 radical (unpaired) electrons. The largest absolute Gasteiger partial charge is 0.391 e. The third-order valence-corrected chi connectivity index (χ3v) is 4.30. The molecule has 0 aromatic heterocycles. The van der Waals surface area contributed by atoms with Crippen LogP contribution in [0.2, 0.25) is 0 Å². The van der Waals surface area contributed by atoms with Crippen LogP contribution in [0.25, 0.3) is 0 Å². The van der Waals surface area contributed by atoms with Gasteiger partial charge in [0.1, 0.15) is 0 Å². The molecule has 2 rings (SSSR count). The van der Waals surface area contributed by atoms with Gasteiger partial charge in [-0.1, -0.05) is 67.6 Å². The number of aliphatic hydroxyl groups excluding tert-OH is 1. The van der Waals surface area contributed by atoms with Gasteiger partial charge in [-0.3, -0.25) is 4.90 Å². The molecule has 0 aliphatic carbocycles. The first-order valence-electron chi connectivity index (χ1n) is 8.41. The van der Waals surface area contributed by atoms with E-state index < -0.39 is 6.10 Å². The van der Waals surface area contributed by atoms with Gasteiger partial charge in [0.05, 0.1) is 6.10 Å². The molecule has 3 nitrogen and oxygen atoms in total. The topological polar surface area (TPSA) is 49.5 Å². The van der Waals surface area contributed by atoms with Crippen LogP contribution in [0, 0.1) is 5.92 Å². The minimum Gasteiger partial charge on any atom is -0.391 e. The van der Waals surface area contributed by atoms with E-state index in [1.807, 2.05) is 12.1 Å². The summed E-state index contributed by atoms with van der Waals surface area (Å²) in [6.07, 6.45) is 0.493. The summed E-state index contributed by atoms with van der Waals surface area (Å²) in [7, 11) is 0. The average Bonchev–Trinajstić information content (AvgIpc) is 2.60. The first-order chi connectivity index (χ1) is 11.2. The molecule has 2 aromatic carbocycles. The summed E-state index contributed by atoms with van der Waals surface area (Å²) < 4.78 is 0. The van der Waals surface area contributed by atoms with Crippen molar-refractivity contribution in [3.63, 3.8) is 0 Å². The van der Waals surface area contributed by atoms with Gasteiger partial charge in [0, 0.05) is 26.2 Å². The van der Waals surface area contributed by atoms with Crippen molar-refractivity contribution in [3.05, 3.63) is 71.8 Å². The highest BCUT2D eigenvalue weighted by atomic mass is 16.3. The van der Waals surface area contributed by atoms with Crippen LogP contribution in [-0.2, 0) is 13.1 Å². The van der Waals surface area contributed by atoms with Gasteiger partial charge in [0.25, 0.3) is 0 Å². The smallest absolute Gasteiger partial charge is 0.0702 e. The van der Waals surface area contributed by atoms with Crippen molar-refractivity contribution in [2.75, 3.05) is 13.1 Å². The van der Waals surface area contributed by atoms with Crippen LogP contribution in [0.3, 0.4) is 0 Å². The number of hydrogen-bond donors (Lipinski definition) is 2. The zero-order valence-electron chi connectivity index (χ0n) is 13.9. The summed E-state index contributed by atoms with van der Waals surface area (Å²) >= 11 is 0. The zero-order valence-corrected chi connectivity index (χ0v) is 13.9. The van der Waals surface area contributed by atoms with Gasteiger partial charge in [-0.05, 0) is 23.5 Å². The second-order valence-corrected chi connectivity index (χ2v) is 6.11. The molecular formula is C20H28N2O. The van der Waals surface area contributed by atoms with Crippen molar-refractivity contribution < 1.29 is 5.11 Å². The molecule has 0 unspecified atom stereocenters. The van der Waals surface area contributed by atoms with E-state index in [0.717, 1.165) is 26.1 Å². The van der Waals surface area contributed by atoms with Gasteiger partial charge in [-0.2, -0.15) is 0 Å². The zero-order chi connectivity index (χ0) is 16.5. The number of nitrogens with zero attached hydrogens (tertiary/aromatic N) is 1. The molecule has 0 saturated heterocycles. The predicted molar refractivity (Wildman–Crippen MR) is 95.8 cm³/mol. The van der Waals surface area contributed by atoms with Crippen molar-refractivity contribution in [1.82, 2.24) is 4.90 Å². The molecule has 0 spiro atoms. The van der Waals surface area contributed by atoms with Gasteiger partial charge >= 0.3 is 0 Å². The van der Waals surface area contributed by atoms with E-state index in [0.29, 0.717) is 6.54 Å². The van der Waals surface area contributed by atoms with E-state index in [4.69, 9.17) is 5.73 Å². The molecular weight excluding hydrogens is 284 g/mol. The molecule has 0 bridgehead atoms. The van der Waals surface area contributed by atoms with Crippen LogP contribution in [0.5, 0.6) is 0 Å². The molecule has 2 atom stereocenters. The van der Waals surface area contributed by atoms with Gasteiger partial charge in [0.2, 0.25) is 0 Å². The summed E-state index contributed by atoms with van der Waals surface area (Å²) in [5, 5.41) is 10.1. The predicted octanol–water partition coefficient (Wildman–Crippen LogP) is 3.03. The molecule has 0 amide bonds. The van der Waals surface area contributed by atoms with Gasteiger partial charge < -0.3 is 10.8 Å². The Hall–Kier alpha value is -1.68. The lowest BCUT2D eigenvalue weighted by Gasteiger charge is -2.29. The fourth-order valence-corrected chi connectivity index (χ4v) is 2.92. The summed E-state index contributed by atoms with van der Waals surface area (Å²) in [6, 6.07) is 21.0. The summed E-state index contributed by atoms with van der Waals surface area (Å²) in [5.74, 6) is 0.201. The van der Waals surface area contributed by atoms with Crippen LogP contribution in [0.1, 0.15) is 24.5 Å². The second kappa shape index (κ2) is 9.46. The van der Waals surface area contributed by atoms with Crippen molar-refractivity contribution in [3.8, 4) is 0 Å². The van der Waals surface area contributed by atoms with Crippen LogP contribution in [0.15, 0.2) is 60.7 Å². The number of benzene rings is 2. The Kier molecular flexibility index (Phi) is 7.27. The maximum absolute atomic E-state index is 10.1. The van der Waals surface area contributed by atoms with Crippen LogP contribution in [0.4, 0.5) is 0 Å². The maximum Gasteiger partial charge on any atom is 0.0702 e. The first kappa shape index (κ1) is 17.7. The lowest BCUT2D eigenvalue weighted by Crippen LogP contribution is -2.37. The summed E-state index contributed by atoms with van der Waals surface area (Å²) in [6.45, 7) is 5.04. The minimum atomic E-state index is -0.436. The third-order valence-electron chi connectivity index (χ3n) is 4.30. The normalized spacial score (nSPS) is 13.9. The van der Waals surface area contributed by atoms with Gasteiger partial charge in [-0.25, -0.2) is 0 Å². The number of aliphatic hydroxyl groups is 1. The van der Waals surface area contributed by atoms with Crippen LogP contribution >= 0.6 is 0 Å². The van der Waals surface area contributed by atoms with Crippen molar-refractivity contribution in [1.29, 1.82) is 0 Å². The molecule has 124 valence electrons. The van der Waals surface area contributed by atoms with Crippen LogP contribution < -0.4 is 5.73 Å². The van der Waals surface area contributed by atoms with Crippen molar-refractivity contribution in [2.24, 2.45) is 11.7 Å². The fourth-order valence-electron chi connectivity index (χ4n) is 2.92. The molecule has 2 aromatic rings. The monoisotopic (exact) mass is 312 g/mol. The highest BCUT2D eigenvalue weighted by molar-refractivity contribution is 5.17. The van der Waals surface area contributed by atoms with E-state index >= 15 is 0 Å². The van der Waals surface area contributed by atoms with Crippen molar-refractivity contribution in [2.45, 2.75) is 32.5 Å². The third kappa shape index (κ3) is 5.79. The quantitative estimate of drug-likeness (QED) is 0.748. The molecule has 23 heavy (non-hydrogen) atoms. The molecule has 3 heteroatoms. The number of nitrogens with two attached hydrogens (primary N) is 1. The Balaban J connectivity index is 2.10. The Morgan fingerprint density at radius 3 is 1.78 bits per heavy atom. The van der Waals surface area contributed by atoms with E-state index in [-0.39, 0.29) is 5.92 Å². The molecule has 3 N–H and O–H groups in total. The Labute approximate surface area is 139 Å². The van der Waals surface area contributed by atoms with E-state index in [9.17, 15) is 5.11 Å². The lowest BCUT2D eigenvalue weighted by molar-refractivity contribution is 0.0780. The summed E-state index contributed by atoms with van der Waals surface area (Å²) in [4.78, 5) is 2.40. The molecule has 0 aliphatic rings. The fraction of sp³-hybridized carbons (Fsp3) is 0.400.